The van der Waals surface area contributed by atoms with Gasteiger partial charge in [0.05, 0.1) is 11.4 Å². The van der Waals surface area contributed by atoms with Crippen LogP contribution in [-0.2, 0) is 19.6 Å². The third kappa shape index (κ3) is 13.3. The van der Waals surface area contributed by atoms with Crippen LogP contribution in [0.15, 0.2) is 397 Å². The van der Waals surface area contributed by atoms with E-state index in [2.05, 4.69) is 511 Å². The fraction of sp³-hybridized carbons (Fsp3) is 0.0896. The molecule has 0 radical (unpaired) electrons. The number of nitrogens with zero attached hydrogens (tertiary/aromatic N) is 5. The van der Waals surface area contributed by atoms with E-state index in [9.17, 15) is 0 Å². The Hall–Kier alpha value is -16.1. The standard InChI is InChI=1S/C84H62N4.C34H28N2.C16H8Br2/c1-7-85-77-35-29-55(43-73(77)75-45-69-63-21-13-9-17-59(63)61-19-11-15-23-65(61)71(69)47-81(75)85)87(57-39-49(3)37-50(4)40-57)79-33-27-53-26-32-68-80(34-28-54-25-31-67(79)83(53)84(54)68)88(58-41-51(5)38-52(6)42-58)56-30-36-78-74(44-56)76-46-70-64-22-14-10-18-60(64)62-20-12-16-24-66(62)72(70)48-82(76)86(78)8-2;1-4-36-33-14-13-23(35-24-16-21(2)15-22(3)17-24)18-31(33)32-19-29-27-11-7-5-9-25(27)26-10-6-8-12-28(26)30(29)20-34(32)36;17-13-8-4-10-2-6-12-14(18)7-3-9-1-5-11(13)16(10)15(9)12/h9-48H,7-8H2,1-6H3;5-20,35H,4H2,1-3H3;1-8H. The minimum Gasteiger partial charge on any atom is -0.355 e. The predicted molar refractivity (Wildman–Crippen MR) is 623 cm³/mol. The molecule has 0 spiro atoms. The highest BCUT2D eigenvalue weighted by Gasteiger charge is 2.28. The Morgan fingerprint density at radius 1 is 0.190 bits per heavy atom. The number of benzene rings is 26. The van der Waals surface area contributed by atoms with E-state index in [4.69, 9.17) is 0 Å². The highest BCUT2D eigenvalue weighted by atomic mass is 79.9. The summed E-state index contributed by atoms with van der Waals surface area (Å²) in [4.78, 5) is 5.06. The number of aromatic nitrogens is 3. The van der Waals surface area contributed by atoms with E-state index in [1.54, 1.807) is 0 Å². The summed E-state index contributed by atoms with van der Waals surface area (Å²) in [6, 6.07) is 146. The Balaban J connectivity index is 0.000000151. The van der Waals surface area contributed by atoms with E-state index in [0.29, 0.717) is 0 Å². The lowest BCUT2D eigenvalue weighted by atomic mass is 9.91. The molecule has 3 aromatic heterocycles. The van der Waals surface area contributed by atoms with Crippen molar-refractivity contribution in [2.75, 3.05) is 15.1 Å². The van der Waals surface area contributed by atoms with Gasteiger partial charge in [0.1, 0.15) is 0 Å². The van der Waals surface area contributed by atoms with Gasteiger partial charge < -0.3 is 28.8 Å². The predicted octanol–water partition coefficient (Wildman–Crippen LogP) is 39.7. The highest BCUT2D eigenvalue weighted by molar-refractivity contribution is 9.11. The van der Waals surface area contributed by atoms with Gasteiger partial charge in [0.2, 0.25) is 0 Å². The summed E-state index contributed by atoms with van der Waals surface area (Å²) in [5.41, 5.74) is 24.1. The van der Waals surface area contributed by atoms with Gasteiger partial charge in [0.25, 0.3) is 0 Å². The molecule has 0 fully saturated rings. The van der Waals surface area contributed by atoms with Gasteiger partial charge in [-0.2, -0.15) is 0 Å². The van der Waals surface area contributed by atoms with Crippen molar-refractivity contribution >= 4 is 304 Å². The van der Waals surface area contributed by atoms with Gasteiger partial charge in [0.15, 0.2) is 0 Å². The fourth-order valence-electron chi connectivity index (χ4n) is 25.0. The average Bonchev–Trinajstić information content (AvgIpc) is 1.37. The first-order valence-electron chi connectivity index (χ1n) is 49.8. The Bertz CT molecular complexity index is 9940. The van der Waals surface area contributed by atoms with Crippen LogP contribution in [0.5, 0.6) is 0 Å². The molecule has 678 valence electrons. The largest absolute Gasteiger partial charge is 0.355 e. The van der Waals surface area contributed by atoms with Crippen molar-refractivity contribution in [1.29, 1.82) is 0 Å². The molecule has 8 heteroatoms. The molecule has 3 heterocycles. The van der Waals surface area contributed by atoms with E-state index in [1.165, 1.54) is 260 Å². The summed E-state index contributed by atoms with van der Waals surface area (Å²) in [6.07, 6.45) is 0. The first-order valence-corrected chi connectivity index (χ1v) is 51.3. The van der Waals surface area contributed by atoms with Crippen LogP contribution in [0.4, 0.5) is 45.5 Å². The first-order chi connectivity index (χ1) is 69.5. The fourth-order valence-corrected chi connectivity index (χ4v) is 25.9. The molecule has 0 saturated heterocycles. The van der Waals surface area contributed by atoms with Gasteiger partial charge in [0, 0.05) is 139 Å². The summed E-state index contributed by atoms with van der Waals surface area (Å²) in [5.74, 6) is 0. The van der Waals surface area contributed by atoms with Crippen molar-refractivity contribution in [3.63, 3.8) is 0 Å². The lowest BCUT2D eigenvalue weighted by Crippen LogP contribution is -2.12. The van der Waals surface area contributed by atoms with Gasteiger partial charge in [-0.3, -0.25) is 0 Å². The number of aryl methyl sites for hydroxylation is 9. The van der Waals surface area contributed by atoms with Crippen LogP contribution in [-0.4, -0.2) is 13.7 Å². The monoisotopic (exact) mass is 1950 g/mol. The molecule has 26 aromatic carbocycles. The van der Waals surface area contributed by atoms with Crippen molar-refractivity contribution in [3.8, 4) is 0 Å². The third-order valence-corrected chi connectivity index (χ3v) is 32.1. The number of anilines is 8. The number of nitrogens with one attached hydrogen (secondary N) is 1. The lowest BCUT2D eigenvalue weighted by Gasteiger charge is -2.30. The second-order valence-corrected chi connectivity index (χ2v) is 41.1. The van der Waals surface area contributed by atoms with E-state index in [0.717, 1.165) is 74.1 Å². The Labute approximate surface area is 839 Å². The molecule has 0 aliphatic rings. The van der Waals surface area contributed by atoms with E-state index in [1.807, 2.05) is 0 Å². The second kappa shape index (κ2) is 33.0. The smallest absolute Gasteiger partial charge is 0.0540 e. The molecule has 0 aliphatic heterocycles. The number of fused-ring (bicyclic) bond motifs is 27. The van der Waals surface area contributed by atoms with Gasteiger partial charge in [-0.15, -0.1) is 0 Å². The minimum atomic E-state index is 0.861. The molecular weight excluding hydrogens is 1850 g/mol. The summed E-state index contributed by atoms with van der Waals surface area (Å²) < 4.78 is 9.80. The molecular formula is C134H98Br2N6. The summed E-state index contributed by atoms with van der Waals surface area (Å²) in [7, 11) is 0. The van der Waals surface area contributed by atoms with Gasteiger partial charge in [-0.05, 0) is 398 Å². The number of rotatable bonds is 11. The zero-order chi connectivity index (χ0) is 95.5. The average molecular weight is 1950 g/mol. The maximum Gasteiger partial charge on any atom is 0.0540 e. The molecule has 0 bridgehead atoms. The van der Waals surface area contributed by atoms with Crippen LogP contribution in [0.1, 0.15) is 54.2 Å². The van der Waals surface area contributed by atoms with E-state index in [-0.39, 0.29) is 0 Å². The number of hydrogen-bond donors (Lipinski definition) is 1. The number of hydrogen-bond acceptors (Lipinski definition) is 3. The van der Waals surface area contributed by atoms with Crippen LogP contribution in [0.2, 0.25) is 0 Å². The van der Waals surface area contributed by atoms with E-state index < -0.39 is 0 Å². The molecule has 0 atom stereocenters. The SMILES string of the molecule is Brc1ccc2ccc3c(Br)ccc4ccc1c2c43.CCn1c2ccc(N(c3cc(C)cc(C)c3)c3ccc4ccc5c(N(c6cc(C)cc(C)c6)c6ccc7c(c6)c6cc8c9ccccc9c9ccccc9c8cc6n7CC)ccc6ccc3c4c65)cc2c2cc3c4ccccc4c4ccccc4c3cc21.CCn1c2ccc(Nc3cc(C)cc(C)c3)cc2c2cc3c4ccccc4c4ccccc4c3cc21. The first kappa shape index (κ1) is 85.1. The van der Waals surface area contributed by atoms with Crippen LogP contribution in [0.3, 0.4) is 0 Å². The Morgan fingerprint density at radius 3 is 0.761 bits per heavy atom. The van der Waals surface area contributed by atoms with Crippen molar-refractivity contribution in [3.05, 3.63) is 431 Å². The molecule has 0 unspecified atom stereocenters. The van der Waals surface area contributed by atoms with Crippen LogP contribution >= 0.6 is 31.9 Å². The zero-order valence-electron chi connectivity index (χ0n) is 80.6. The molecule has 0 saturated carbocycles. The second-order valence-electron chi connectivity index (χ2n) is 39.4. The van der Waals surface area contributed by atoms with Gasteiger partial charge >= 0.3 is 0 Å². The normalized spacial score (nSPS) is 12.1. The summed E-state index contributed by atoms with van der Waals surface area (Å²) >= 11 is 7.30. The van der Waals surface area contributed by atoms with Crippen LogP contribution < -0.4 is 15.1 Å². The topological polar surface area (TPSA) is 33.3 Å². The zero-order valence-corrected chi connectivity index (χ0v) is 83.7. The lowest BCUT2D eigenvalue weighted by molar-refractivity contribution is 0.827. The molecule has 0 amide bonds. The Kier molecular flexibility index (Phi) is 19.8. The van der Waals surface area contributed by atoms with Crippen molar-refractivity contribution in [2.45, 2.75) is 81.9 Å². The molecule has 6 nitrogen and oxygen atoms in total. The van der Waals surface area contributed by atoms with E-state index >= 15 is 0 Å². The van der Waals surface area contributed by atoms with Gasteiger partial charge in [-0.1, -0.05) is 268 Å². The van der Waals surface area contributed by atoms with Crippen LogP contribution in [0.25, 0.3) is 227 Å². The van der Waals surface area contributed by atoms with Crippen molar-refractivity contribution < 1.29 is 0 Å². The quantitative estimate of drug-likeness (QED) is 0.131. The number of halogens is 2. The summed E-state index contributed by atoms with van der Waals surface area (Å²) in [6.45, 7) is 22.7. The molecule has 142 heavy (non-hydrogen) atoms. The van der Waals surface area contributed by atoms with Crippen molar-refractivity contribution in [2.24, 2.45) is 0 Å². The highest BCUT2D eigenvalue weighted by Crippen LogP contribution is 2.53. The molecule has 0 aliphatic carbocycles. The van der Waals surface area contributed by atoms with Gasteiger partial charge in [-0.25, -0.2) is 0 Å². The van der Waals surface area contributed by atoms with Crippen LogP contribution in [0, 0.1) is 41.5 Å². The van der Waals surface area contributed by atoms with Crippen molar-refractivity contribution in [1.82, 2.24) is 13.7 Å². The minimum absolute atomic E-state index is 0.861. The Morgan fingerprint density at radius 2 is 0.444 bits per heavy atom. The maximum atomic E-state index is 3.65. The molecule has 29 aromatic rings. The maximum absolute atomic E-state index is 3.65. The third-order valence-electron chi connectivity index (χ3n) is 30.7. The molecule has 1 N–H and O–H groups in total. The molecule has 29 rings (SSSR count). The summed E-state index contributed by atoms with van der Waals surface area (Å²) in [5, 5.41) is 50.0.